The summed E-state index contributed by atoms with van der Waals surface area (Å²) in [7, 11) is 0. The number of hydrogen-bond donors (Lipinski definition) is 0. The van der Waals surface area contributed by atoms with Crippen LogP contribution >= 0.6 is 0 Å². The fourth-order valence-corrected chi connectivity index (χ4v) is 4.24. The molecule has 0 N–H and O–H groups in total. The van der Waals surface area contributed by atoms with E-state index in [1.165, 1.54) is 25.7 Å². The van der Waals surface area contributed by atoms with Crippen LogP contribution in [0.5, 0.6) is 0 Å². The summed E-state index contributed by atoms with van der Waals surface area (Å²) in [5, 5.41) is 0. The molecule has 4 atom stereocenters. The summed E-state index contributed by atoms with van der Waals surface area (Å²) in [6.07, 6.45) is 5.39. The molecule has 4 unspecified atom stereocenters. The molecule has 0 amide bonds. The van der Waals surface area contributed by atoms with Crippen LogP contribution in [0.15, 0.2) is 0 Å². The fourth-order valence-electron chi connectivity index (χ4n) is 4.24. The van der Waals surface area contributed by atoms with Crippen molar-refractivity contribution in [1.29, 1.82) is 0 Å². The first-order chi connectivity index (χ1) is 8.68. The summed E-state index contributed by atoms with van der Waals surface area (Å²) in [5.41, 5.74) is 0.477. The van der Waals surface area contributed by atoms with Gasteiger partial charge in [0.25, 0.3) is 0 Å². The maximum atomic E-state index is 2.51. The molecule has 0 nitrogen and oxygen atoms in total. The summed E-state index contributed by atoms with van der Waals surface area (Å²) >= 11 is 0. The molecule has 0 radical (unpaired) electrons. The lowest BCUT2D eigenvalue weighted by Gasteiger charge is -2.44. The molecule has 0 aromatic heterocycles. The Kier molecular flexibility index (Phi) is 8.32. The number of rotatable bonds is 9. The average Bonchev–Trinajstić information content (AvgIpc) is 2.33. The molecule has 0 saturated carbocycles. The minimum absolute atomic E-state index is 0.477. The quantitative estimate of drug-likeness (QED) is 0.431. The van der Waals surface area contributed by atoms with Gasteiger partial charge in [0.05, 0.1) is 0 Å². The third-order valence-electron chi connectivity index (χ3n) is 5.73. The number of hydrogen-bond acceptors (Lipinski definition) is 0. The first kappa shape index (κ1) is 19.0. The van der Waals surface area contributed by atoms with Gasteiger partial charge in [-0.2, -0.15) is 0 Å². The van der Waals surface area contributed by atoms with Gasteiger partial charge in [-0.25, -0.2) is 0 Å². The van der Waals surface area contributed by atoms with E-state index in [9.17, 15) is 0 Å². The zero-order chi connectivity index (χ0) is 15.2. The largest absolute Gasteiger partial charge is 0.0654 e. The summed E-state index contributed by atoms with van der Waals surface area (Å²) in [5.74, 6) is 4.12. The molecule has 0 bridgehead atoms. The SMILES string of the molecule is CCCCC(C)(C)C(C(C)C)C(C)C(C)C(C)CC. The zero-order valence-electron chi connectivity index (χ0n) is 15.2. The molecule has 0 saturated heterocycles. The Balaban J connectivity index is 4.98. The Labute approximate surface area is 123 Å². The molecule has 0 heterocycles. The van der Waals surface area contributed by atoms with Gasteiger partial charge in [0.1, 0.15) is 0 Å². The minimum atomic E-state index is 0.477. The van der Waals surface area contributed by atoms with Gasteiger partial charge in [-0.05, 0) is 41.4 Å². The van der Waals surface area contributed by atoms with Crippen molar-refractivity contribution in [2.75, 3.05) is 0 Å². The van der Waals surface area contributed by atoms with Gasteiger partial charge in [0.15, 0.2) is 0 Å². The standard InChI is InChI=1S/C19H40/c1-10-12-13-19(8,9)18(14(3)4)17(7)16(6)15(5)11-2/h14-18H,10-13H2,1-9H3. The summed E-state index contributed by atoms with van der Waals surface area (Å²) in [6, 6.07) is 0. The molecule has 0 aromatic rings. The fraction of sp³-hybridized carbons (Fsp3) is 1.00. The monoisotopic (exact) mass is 268 g/mol. The second-order valence-corrected chi connectivity index (χ2v) is 7.97. The van der Waals surface area contributed by atoms with Crippen molar-refractivity contribution in [2.45, 2.75) is 88.0 Å². The molecule has 0 aliphatic rings. The van der Waals surface area contributed by atoms with Gasteiger partial charge in [0.2, 0.25) is 0 Å². The van der Waals surface area contributed by atoms with E-state index >= 15 is 0 Å². The van der Waals surface area contributed by atoms with Gasteiger partial charge in [-0.15, -0.1) is 0 Å². The predicted octanol–water partition coefficient (Wildman–Crippen LogP) is 6.79. The van der Waals surface area contributed by atoms with Crippen LogP contribution < -0.4 is 0 Å². The second kappa shape index (κ2) is 8.32. The molecular formula is C19H40. The van der Waals surface area contributed by atoms with Crippen LogP contribution in [0.3, 0.4) is 0 Å². The third-order valence-corrected chi connectivity index (χ3v) is 5.73. The zero-order valence-corrected chi connectivity index (χ0v) is 15.2. The highest BCUT2D eigenvalue weighted by molar-refractivity contribution is 4.87. The van der Waals surface area contributed by atoms with Gasteiger partial charge in [-0.1, -0.05) is 81.6 Å². The van der Waals surface area contributed by atoms with Crippen LogP contribution in [0, 0.1) is 35.0 Å². The average molecular weight is 269 g/mol. The van der Waals surface area contributed by atoms with Crippen molar-refractivity contribution in [1.82, 2.24) is 0 Å². The first-order valence-corrected chi connectivity index (χ1v) is 8.68. The van der Waals surface area contributed by atoms with Crippen LogP contribution in [0.1, 0.15) is 88.0 Å². The lowest BCUT2D eigenvalue weighted by Crippen LogP contribution is -2.37. The molecule has 0 spiro atoms. The lowest BCUT2D eigenvalue weighted by atomic mass is 9.61. The van der Waals surface area contributed by atoms with E-state index < -0.39 is 0 Å². The maximum Gasteiger partial charge on any atom is -0.0311 e. The summed E-state index contributed by atoms with van der Waals surface area (Å²) < 4.78 is 0. The molecule has 0 aromatic carbocycles. The minimum Gasteiger partial charge on any atom is -0.0654 e. The van der Waals surface area contributed by atoms with Gasteiger partial charge < -0.3 is 0 Å². The smallest absolute Gasteiger partial charge is 0.0311 e. The maximum absolute atomic E-state index is 2.51. The van der Waals surface area contributed by atoms with Crippen LogP contribution in [0.25, 0.3) is 0 Å². The van der Waals surface area contributed by atoms with Gasteiger partial charge in [0, 0.05) is 0 Å². The van der Waals surface area contributed by atoms with Crippen LogP contribution in [0.4, 0.5) is 0 Å². The van der Waals surface area contributed by atoms with Gasteiger partial charge in [-0.3, -0.25) is 0 Å². The van der Waals surface area contributed by atoms with Gasteiger partial charge >= 0.3 is 0 Å². The van der Waals surface area contributed by atoms with Crippen LogP contribution in [-0.2, 0) is 0 Å². The lowest BCUT2D eigenvalue weighted by molar-refractivity contribution is 0.0444. The van der Waals surface area contributed by atoms with E-state index in [4.69, 9.17) is 0 Å². The normalized spacial score (nSPS) is 19.3. The molecule has 0 aliphatic heterocycles. The molecule has 0 fully saturated rings. The summed E-state index contributed by atoms with van der Waals surface area (Å²) in [6.45, 7) is 21.9. The third kappa shape index (κ3) is 5.48. The van der Waals surface area contributed by atoms with E-state index in [1.54, 1.807) is 0 Å². The van der Waals surface area contributed by atoms with Crippen LogP contribution in [-0.4, -0.2) is 0 Å². The molecule has 0 heteroatoms. The molecule has 19 heavy (non-hydrogen) atoms. The Morgan fingerprint density at radius 1 is 0.842 bits per heavy atom. The Morgan fingerprint density at radius 2 is 1.37 bits per heavy atom. The first-order valence-electron chi connectivity index (χ1n) is 8.68. The Morgan fingerprint density at radius 3 is 1.74 bits per heavy atom. The van der Waals surface area contributed by atoms with Crippen molar-refractivity contribution >= 4 is 0 Å². The predicted molar refractivity (Wildman–Crippen MR) is 89.4 cm³/mol. The van der Waals surface area contributed by atoms with Crippen molar-refractivity contribution < 1.29 is 0 Å². The Hall–Kier alpha value is 0. The van der Waals surface area contributed by atoms with E-state index in [-0.39, 0.29) is 0 Å². The summed E-state index contributed by atoms with van der Waals surface area (Å²) in [4.78, 5) is 0. The highest BCUT2D eigenvalue weighted by Crippen LogP contribution is 2.45. The van der Waals surface area contributed by atoms with Crippen molar-refractivity contribution in [3.63, 3.8) is 0 Å². The molecule has 0 aliphatic carbocycles. The Bertz CT molecular complexity index is 226. The highest BCUT2D eigenvalue weighted by atomic mass is 14.4. The van der Waals surface area contributed by atoms with Crippen LogP contribution in [0.2, 0.25) is 0 Å². The highest BCUT2D eigenvalue weighted by Gasteiger charge is 2.38. The molecular weight excluding hydrogens is 228 g/mol. The second-order valence-electron chi connectivity index (χ2n) is 7.97. The van der Waals surface area contributed by atoms with Crippen molar-refractivity contribution in [2.24, 2.45) is 35.0 Å². The van der Waals surface area contributed by atoms with E-state index in [1.807, 2.05) is 0 Å². The van der Waals surface area contributed by atoms with Crippen molar-refractivity contribution in [3.8, 4) is 0 Å². The van der Waals surface area contributed by atoms with Crippen molar-refractivity contribution in [3.05, 3.63) is 0 Å². The topological polar surface area (TPSA) is 0 Å². The van der Waals surface area contributed by atoms with E-state index in [2.05, 4.69) is 62.3 Å². The van der Waals surface area contributed by atoms with E-state index in [0.29, 0.717) is 5.41 Å². The van der Waals surface area contributed by atoms with E-state index in [0.717, 1.165) is 29.6 Å². The molecule has 0 rings (SSSR count). The number of unbranched alkanes of at least 4 members (excludes halogenated alkanes) is 1. The molecule has 116 valence electrons.